The summed E-state index contributed by atoms with van der Waals surface area (Å²) in [6.07, 6.45) is 0. The van der Waals surface area contributed by atoms with Gasteiger partial charge in [-0.15, -0.1) is 0 Å². The highest BCUT2D eigenvalue weighted by molar-refractivity contribution is 5.34. The van der Waals surface area contributed by atoms with Gasteiger partial charge in [0.05, 0.1) is 19.3 Å². The predicted octanol–water partition coefficient (Wildman–Crippen LogP) is 1.01. The minimum atomic E-state index is 0.206. The van der Waals surface area contributed by atoms with Gasteiger partial charge in [0.2, 0.25) is 0 Å². The second-order valence-corrected chi connectivity index (χ2v) is 3.65. The molecule has 4 heteroatoms. The van der Waals surface area contributed by atoms with Crippen molar-refractivity contribution < 1.29 is 9.15 Å². The van der Waals surface area contributed by atoms with Crippen molar-refractivity contribution in [3.63, 3.8) is 0 Å². The van der Waals surface area contributed by atoms with Crippen LogP contribution in [0.4, 0.5) is 5.88 Å². The molecule has 1 aliphatic rings. The van der Waals surface area contributed by atoms with E-state index in [0.29, 0.717) is 6.61 Å². The van der Waals surface area contributed by atoms with Crippen LogP contribution in [0.25, 0.3) is 0 Å². The van der Waals surface area contributed by atoms with Crippen molar-refractivity contribution in [3.8, 4) is 0 Å². The fourth-order valence-electron chi connectivity index (χ4n) is 1.52. The number of nitrogens with one attached hydrogen (secondary N) is 1. The van der Waals surface area contributed by atoms with Crippen molar-refractivity contribution in [2.24, 2.45) is 0 Å². The van der Waals surface area contributed by atoms with Gasteiger partial charge in [-0.2, -0.15) is 0 Å². The molecule has 1 atom stereocenters. The molecule has 0 unspecified atom stereocenters. The van der Waals surface area contributed by atoms with E-state index in [1.807, 2.05) is 31.1 Å². The lowest BCUT2D eigenvalue weighted by atomic mass is 10.2. The van der Waals surface area contributed by atoms with Crippen LogP contribution in [-0.2, 0) is 4.74 Å². The van der Waals surface area contributed by atoms with Crippen molar-refractivity contribution in [2.45, 2.75) is 6.04 Å². The maximum absolute atomic E-state index is 5.67. The topological polar surface area (TPSA) is 37.6 Å². The van der Waals surface area contributed by atoms with Crippen molar-refractivity contribution in [3.05, 3.63) is 17.9 Å². The number of hydrogen-bond donors (Lipinski definition) is 1. The van der Waals surface area contributed by atoms with E-state index in [0.717, 1.165) is 24.8 Å². The molecule has 0 radical (unpaired) electrons. The lowest BCUT2D eigenvalue weighted by molar-refractivity contribution is 0.0701. The van der Waals surface area contributed by atoms with E-state index in [2.05, 4.69) is 5.32 Å². The van der Waals surface area contributed by atoms with Crippen LogP contribution in [0, 0.1) is 0 Å². The summed E-state index contributed by atoms with van der Waals surface area (Å²) >= 11 is 0. The zero-order chi connectivity index (χ0) is 9.97. The van der Waals surface area contributed by atoms with Gasteiger partial charge in [-0.1, -0.05) is 0 Å². The minimum absolute atomic E-state index is 0.206. The summed E-state index contributed by atoms with van der Waals surface area (Å²) in [6.45, 7) is 2.38. The molecule has 2 rings (SSSR count). The Morgan fingerprint density at radius 3 is 2.86 bits per heavy atom. The maximum Gasteiger partial charge on any atom is 0.195 e. The smallest absolute Gasteiger partial charge is 0.195 e. The van der Waals surface area contributed by atoms with Gasteiger partial charge in [-0.25, -0.2) is 0 Å². The maximum atomic E-state index is 5.67. The second kappa shape index (κ2) is 4.02. The van der Waals surface area contributed by atoms with E-state index < -0.39 is 0 Å². The van der Waals surface area contributed by atoms with Gasteiger partial charge < -0.3 is 19.4 Å². The highest BCUT2D eigenvalue weighted by Gasteiger charge is 2.18. The number of rotatable bonds is 2. The molecule has 1 aromatic rings. The Labute approximate surface area is 83.8 Å². The third-order valence-corrected chi connectivity index (χ3v) is 2.32. The summed E-state index contributed by atoms with van der Waals surface area (Å²) in [5.74, 6) is 1.83. The van der Waals surface area contributed by atoms with E-state index in [1.165, 1.54) is 0 Å². The van der Waals surface area contributed by atoms with Crippen LogP contribution in [-0.4, -0.2) is 33.9 Å². The van der Waals surface area contributed by atoms with Gasteiger partial charge in [0.15, 0.2) is 5.88 Å². The fourth-order valence-corrected chi connectivity index (χ4v) is 1.52. The highest BCUT2D eigenvalue weighted by Crippen LogP contribution is 2.22. The van der Waals surface area contributed by atoms with Crippen LogP contribution < -0.4 is 10.2 Å². The molecule has 1 saturated heterocycles. The van der Waals surface area contributed by atoms with Crippen LogP contribution in [0.5, 0.6) is 0 Å². The Kier molecular flexibility index (Phi) is 2.74. The summed E-state index contributed by atoms with van der Waals surface area (Å²) in [7, 11) is 3.93. The molecule has 4 nitrogen and oxygen atoms in total. The van der Waals surface area contributed by atoms with Crippen molar-refractivity contribution in [2.75, 3.05) is 38.8 Å². The average molecular weight is 196 g/mol. The van der Waals surface area contributed by atoms with E-state index in [9.17, 15) is 0 Å². The SMILES string of the molecule is CN(C)c1ccc([C@@H]2COCCN2)o1. The Balaban J connectivity index is 2.07. The molecular formula is C10H16N2O2. The van der Waals surface area contributed by atoms with E-state index in [4.69, 9.17) is 9.15 Å². The van der Waals surface area contributed by atoms with E-state index in [-0.39, 0.29) is 6.04 Å². The number of furan rings is 1. The van der Waals surface area contributed by atoms with E-state index >= 15 is 0 Å². The first kappa shape index (κ1) is 9.55. The van der Waals surface area contributed by atoms with Gasteiger partial charge in [0, 0.05) is 26.7 Å². The molecule has 1 fully saturated rings. The number of hydrogen-bond acceptors (Lipinski definition) is 4. The molecule has 78 valence electrons. The van der Waals surface area contributed by atoms with Crippen LogP contribution in [0.3, 0.4) is 0 Å². The molecule has 1 N–H and O–H groups in total. The second-order valence-electron chi connectivity index (χ2n) is 3.65. The van der Waals surface area contributed by atoms with Gasteiger partial charge in [-0.05, 0) is 6.07 Å². The fraction of sp³-hybridized carbons (Fsp3) is 0.600. The normalized spacial score (nSPS) is 22.3. The van der Waals surface area contributed by atoms with Gasteiger partial charge in [0.1, 0.15) is 5.76 Å². The quantitative estimate of drug-likeness (QED) is 0.766. The molecule has 0 spiro atoms. The zero-order valence-electron chi connectivity index (χ0n) is 8.62. The van der Waals surface area contributed by atoms with Crippen LogP contribution in [0.2, 0.25) is 0 Å². The van der Waals surface area contributed by atoms with Crippen LogP contribution in [0.15, 0.2) is 16.5 Å². The molecule has 0 bridgehead atoms. The summed E-state index contributed by atoms with van der Waals surface area (Å²) in [5.41, 5.74) is 0. The largest absolute Gasteiger partial charge is 0.444 e. The van der Waals surface area contributed by atoms with Crippen molar-refractivity contribution in [1.29, 1.82) is 0 Å². The Bertz CT molecular complexity index is 290. The molecule has 1 aliphatic heterocycles. The van der Waals surface area contributed by atoms with Crippen molar-refractivity contribution >= 4 is 5.88 Å². The summed E-state index contributed by atoms with van der Waals surface area (Å²) < 4.78 is 11.0. The number of anilines is 1. The van der Waals surface area contributed by atoms with Gasteiger partial charge >= 0.3 is 0 Å². The third kappa shape index (κ3) is 1.91. The number of ether oxygens (including phenoxy) is 1. The van der Waals surface area contributed by atoms with Gasteiger partial charge in [-0.3, -0.25) is 0 Å². The molecule has 2 heterocycles. The minimum Gasteiger partial charge on any atom is -0.444 e. The summed E-state index contributed by atoms with van der Waals surface area (Å²) in [6, 6.07) is 4.19. The summed E-state index contributed by atoms with van der Waals surface area (Å²) in [4.78, 5) is 1.95. The lowest BCUT2D eigenvalue weighted by Crippen LogP contribution is -2.34. The summed E-state index contributed by atoms with van der Waals surface area (Å²) in [5, 5.41) is 3.35. The predicted molar refractivity (Wildman–Crippen MR) is 54.6 cm³/mol. The number of morpholine rings is 1. The monoisotopic (exact) mass is 196 g/mol. The van der Waals surface area contributed by atoms with Crippen LogP contribution >= 0.6 is 0 Å². The Morgan fingerprint density at radius 1 is 1.43 bits per heavy atom. The lowest BCUT2D eigenvalue weighted by Gasteiger charge is -2.21. The number of nitrogens with zero attached hydrogens (tertiary/aromatic N) is 1. The molecular weight excluding hydrogens is 180 g/mol. The zero-order valence-corrected chi connectivity index (χ0v) is 8.62. The highest BCUT2D eigenvalue weighted by atomic mass is 16.5. The van der Waals surface area contributed by atoms with Gasteiger partial charge in [0.25, 0.3) is 0 Å². The molecule has 0 aliphatic carbocycles. The third-order valence-electron chi connectivity index (χ3n) is 2.32. The first-order chi connectivity index (χ1) is 6.77. The first-order valence-corrected chi connectivity index (χ1v) is 4.85. The van der Waals surface area contributed by atoms with E-state index in [1.54, 1.807) is 0 Å². The molecule has 0 amide bonds. The molecule has 0 saturated carbocycles. The Morgan fingerprint density at radius 2 is 2.29 bits per heavy atom. The average Bonchev–Trinajstić information content (AvgIpc) is 2.68. The molecule has 14 heavy (non-hydrogen) atoms. The molecule has 1 aromatic heterocycles. The molecule has 0 aromatic carbocycles. The van der Waals surface area contributed by atoms with Crippen LogP contribution in [0.1, 0.15) is 11.8 Å². The standard InChI is InChI=1S/C10H16N2O2/c1-12(2)10-4-3-9(14-10)8-7-13-6-5-11-8/h3-4,8,11H,5-7H2,1-2H3/t8-/m0/s1. The first-order valence-electron chi connectivity index (χ1n) is 4.85. The Hall–Kier alpha value is -1.00. The van der Waals surface area contributed by atoms with Crippen molar-refractivity contribution in [1.82, 2.24) is 5.32 Å².